The maximum Gasteiger partial charge on any atom is 1.00 e. The number of thioether (sulfide) groups is 1. The molecule has 1 aliphatic heterocycles. The first-order valence-electron chi connectivity index (χ1n) is 8.30. The number of nitrogens with zero attached hydrogens (tertiary/aromatic N) is 5. The number of amides is 1. The molecule has 1 fully saturated rings. The van der Waals surface area contributed by atoms with Crippen molar-refractivity contribution in [3.05, 3.63) is 71.4 Å². The van der Waals surface area contributed by atoms with Crippen molar-refractivity contribution in [1.82, 2.24) is 25.5 Å². The van der Waals surface area contributed by atoms with Crippen LogP contribution in [-0.4, -0.2) is 42.4 Å². The van der Waals surface area contributed by atoms with Crippen LogP contribution >= 0.6 is 11.8 Å². The molecule has 1 amide bonds. The second kappa shape index (κ2) is 11.4. The van der Waals surface area contributed by atoms with Gasteiger partial charge in [0.05, 0.1) is 10.6 Å². The van der Waals surface area contributed by atoms with Crippen molar-refractivity contribution in [1.29, 1.82) is 0 Å². The van der Waals surface area contributed by atoms with Crippen molar-refractivity contribution in [3.8, 4) is 5.69 Å². The van der Waals surface area contributed by atoms with E-state index in [4.69, 9.17) is 9.90 Å². The van der Waals surface area contributed by atoms with E-state index in [-0.39, 0.29) is 35.5 Å². The van der Waals surface area contributed by atoms with Crippen molar-refractivity contribution < 1.29 is 44.3 Å². The van der Waals surface area contributed by atoms with Crippen molar-refractivity contribution >= 4 is 40.6 Å². The topological polar surface area (TPSA) is 122 Å². The molecule has 9 nitrogen and oxygen atoms in total. The van der Waals surface area contributed by atoms with E-state index in [1.807, 2.05) is 42.5 Å². The Labute approximate surface area is 198 Å². The molecule has 11 heteroatoms. The van der Waals surface area contributed by atoms with E-state index < -0.39 is 5.97 Å². The van der Waals surface area contributed by atoms with Crippen LogP contribution in [0, 0.1) is 6.07 Å². The molecule has 1 aliphatic rings. The smallest absolute Gasteiger partial charge is 0.481 e. The molecular weight excluding hydrogens is 415 g/mol. The zero-order valence-electron chi connectivity index (χ0n) is 16.2. The quantitative estimate of drug-likeness (QED) is 0.325. The van der Waals surface area contributed by atoms with Crippen molar-refractivity contribution in [3.63, 3.8) is 0 Å². The third-order valence-corrected chi connectivity index (χ3v) is 4.27. The van der Waals surface area contributed by atoms with E-state index in [0.29, 0.717) is 10.1 Å². The number of aromatic nitrogens is 4. The van der Waals surface area contributed by atoms with Gasteiger partial charge in [-0.3, -0.25) is 14.6 Å². The molecule has 0 spiro atoms. The predicted octanol–water partition coefficient (Wildman–Crippen LogP) is -0.551. The number of carbonyl (C=O) groups is 2. The van der Waals surface area contributed by atoms with E-state index in [9.17, 15) is 4.79 Å². The molecule has 0 unspecified atom stereocenters. The van der Waals surface area contributed by atoms with Crippen LogP contribution in [0.2, 0.25) is 0 Å². The Hall–Kier alpha value is -2.79. The van der Waals surface area contributed by atoms with Gasteiger partial charge < -0.3 is 10.4 Å². The predicted molar refractivity (Wildman–Crippen MR) is 109 cm³/mol. The molecule has 1 saturated heterocycles. The molecule has 2 heterocycles. The monoisotopic (exact) mass is 430 g/mol. The Morgan fingerprint density at radius 1 is 1.30 bits per heavy atom. The van der Waals surface area contributed by atoms with Crippen LogP contribution in [0.25, 0.3) is 11.8 Å². The Morgan fingerprint density at radius 2 is 2.03 bits per heavy atom. The second-order valence-electron chi connectivity index (χ2n) is 5.61. The molecule has 30 heavy (non-hydrogen) atoms. The molecule has 2 aromatic carbocycles. The summed E-state index contributed by atoms with van der Waals surface area (Å²) in [5.74, 6) is -1.00. The fourth-order valence-corrected chi connectivity index (χ4v) is 3.08. The minimum atomic E-state index is -0.833. The first kappa shape index (κ1) is 23.5. The summed E-state index contributed by atoms with van der Waals surface area (Å²) in [7, 11) is 0. The van der Waals surface area contributed by atoms with Gasteiger partial charge in [0, 0.05) is 6.92 Å². The number of hydrogen-bond acceptors (Lipinski definition) is 7. The van der Waals surface area contributed by atoms with E-state index >= 15 is 0 Å². The van der Waals surface area contributed by atoms with Crippen LogP contribution in [-0.2, 0) is 9.59 Å². The standard InChI is InChI=1S/C17H11N6OS.C2H4O2.Na/c24-16-15(25-17(20-16)19-13-6-2-1-3-7-13)10-12-5-4-8-14(9-12)23-11-18-21-22-23;1-2(3)4;/h2-11H,(H,19,20,24);1H3,(H,3,4);/q-1;;+1/b15-10+;;. The number of aliphatic imine (C=N–C) groups is 1. The van der Waals surface area contributed by atoms with Crippen LogP contribution in [0.3, 0.4) is 0 Å². The van der Waals surface area contributed by atoms with E-state index in [1.54, 1.807) is 16.8 Å². The Morgan fingerprint density at radius 3 is 2.70 bits per heavy atom. The van der Waals surface area contributed by atoms with Crippen LogP contribution in [0.15, 0.2) is 64.8 Å². The second-order valence-corrected chi connectivity index (χ2v) is 6.64. The molecule has 4 rings (SSSR count). The minimum Gasteiger partial charge on any atom is -0.481 e. The molecule has 2 N–H and O–H groups in total. The summed E-state index contributed by atoms with van der Waals surface area (Å²) < 4.78 is 1.56. The fourth-order valence-electron chi connectivity index (χ4n) is 2.24. The van der Waals surface area contributed by atoms with Gasteiger partial charge in [0.25, 0.3) is 11.9 Å². The first-order chi connectivity index (χ1) is 14.0. The summed E-state index contributed by atoms with van der Waals surface area (Å²) in [5.41, 5.74) is 2.46. The molecule has 1 aromatic heterocycles. The van der Waals surface area contributed by atoms with Gasteiger partial charge in [0.1, 0.15) is 6.33 Å². The number of amidine groups is 1. The number of benzene rings is 2. The molecule has 0 aliphatic carbocycles. The zero-order chi connectivity index (χ0) is 20.6. The van der Waals surface area contributed by atoms with Crippen LogP contribution in [0.5, 0.6) is 0 Å². The van der Waals surface area contributed by atoms with E-state index in [0.717, 1.165) is 23.9 Å². The number of hydrogen-bond donors (Lipinski definition) is 2. The number of carboxylic acid groups (broad SMARTS) is 1. The van der Waals surface area contributed by atoms with Crippen molar-refractivity contribution in [2.24, 2.45) is 4.99 Å². The Bertz CT molecular complexity index is 1070. The van der Waals surface area contributed by atoms with Crippen LogP contribution < -0.4 is 34.9 Å². The summed E-state index contributed by atoms with van der Waals surface area (Å²) in [6.07, 6.45) is 3.33. The number of tetrazole rings is 1. The summed E-state index contributed by atoms with van der Waals surface area (Å²) in [6.45, 7) is 1.08. The summed E-state index contributed by atoms with van der Waals surface area (Å²) >= 11 is 1.30. The van der Waals surface area contributed by atoms with Gasteiger partial charge in [-0.25, -0.2) is 4.68 Å². The van der Waals surface area contributed by atoms with Gasteiger partial charge >= 0.3 is 29.6 Å². The van der Waals surface area contributed by atoms with Crippen LogP contribution in [0.1, 0.15) is 12.5 Å². The van der Waals surface area contributed by atoms with Gasteiger partial charge in [-0.05, 0) is 51.6 Å². The summed E-state index contributed by atoms with van der Waals surface area (Å²) in [5, 5.41) is 21.9. The molecule has 0 bridgehead atoms. The molecule has 0 radical (unpaired) electrons. The molecule has 0 atom stereocenters. The average molecular weight is 430 g/mol. The summed E-state index contributed by atoms with van der Waals surface area (Å²) in [6, 6.07) is 17.7. The number of aliphatic carboxylic acids is 1. The van der Waals surface area contributed by atoms with E-state index in [1.165, 1.54) is 18.1 Å². The first-order valence-corrected chi connectivity index (χ1v) is 9.11. The average Bonchev–Trinajstić information content (AvgIpc) is 3.33. The van der Waals surface area contributed by atoms with Crippen LogP contribution in [0.4, 0.5) is 5.69 Å². The SMILES string of the molecule is CC(=O)O.O=C1NC(=Nc2cc[c-]cc2)S/C1=C/c1cccc(-n2cnnn2)c1.[Na+]. The van der Waals surface area contributed by atoms with Gasteiger partial charge in [-0.15, -0.1) is 17.2 Å². The number of carboxylic acids is 1. The van der Waals surface area contributed by atoms with Gasteiger partial charge in [-0.2, -0.15) is 18.2 Å². The normalized spacial score (nSPS) is 15.2. The van der Waals surface area contributed by atoms with Crippen molar-refractivity contribution in [2.75, 3.05) is 0 Å². The largest absolute Gasteiger partial charge is 1.00 e. The fraction of sp³-hybridized carbons (Fsp3) is 0.0526. The third kappa shape index (κ3) is 6.92. The molecular formula is C19H15N6NaO3S. The minimum absolute atomic E-state index is 0. The Kier molecular flexibility index (Phi) is 8.93. The van der Waals surface area contributed by atoms with Gasteiger partial charge in [0.2, 0.25) is 0 Å². The molecule has 0 saturated carbocycles. The number of rotatable bonds is 3. The maximum absolute atomic E-state index is 12.2. The van der Waals surface area contributed by atoms with Gasteiger partial charge in [0.15, 0.2) is 5.17 Å². The third-order valence-electron chi connectivity index (χ3n) is 3.36. The van der Waals surface area contributed by atoms with Crippen molar-refractivity contribution in [2.45, 2.75) is 6.92 Å². The number of nitrogens with one attached hydrogen (secondary N) is 1. The van der Waals surface area contributed by atoms with E-state index in [2.05, 4.69) is 31.9 Å². The zero-order valence-corrected chi connectivity index (χ0v) is 19.0. The maximum atomic E-state index is 12.2. The molecule has 146 valence electrons. The van der Waals surface area contributed by atoms with Gasteiger partial charge in [-0.1, -0.05) is 12.1 Å². The summed E-state index contributed by atoms with van der Waals surface area (Å²) in [4.78, 5) is 26.2. The number of carbonyl (C=O) groups excluding carboxylic acids is 1. The Balaban J connectivity index is 0.000000591. The molecule has 3 aromatic rings.